The summed E-state index contributed by atoms with van der Waals surface area (Å²) in [6.07, 6.45) is 15.3. The Kier molecular flexibility index (Phi) is 5.93. The van der Waals surface area contributed by atoms with Crippen LogP contribution in [0.5, 0.6) is 5.75 Å². The molecule has 0 heterocycles. The lowest BCUT2D eigenvalue weighted by Gasteiger charge is -2.38. The van der Waals surface area contributed by atoms with Crippen LogP contribution in [0.3, 0.4) is 0 Å². The van der Waals surface area contributed by atoms with Gasteiger partial charge in [0, 0.05) is 0 Å². The highest BCUT2D eigenvalue weighted by Crippen LogP contribution is 2.46. The molecule has 2 aliphatic carbocycles. The summed E-state index contributed by atoms with van der Waals surface area (Å²) in [5.41, 5.74) is 14.1. The van der Waals surface area contributed by atoms with Crippen molar-refractivity contribution in [3.8, 4) is 5.75 Å². The molecule has 2 saturated carbocycles. The lowest BCUT2D eigenvalue weighted by atomic mass is 9.68. The molecular formula is C22H34N2O. The zero-order valence-corrected chi connectivity index (χ0v) is 15.4. The molecule has 0 bridgehead atoms. The van der Waals surface area contributed by atoms with Gasteiger partial charge in [-0.1, -0.05) is 25.0 Å². The molecule has 0 aliphatic heterocycles. The fourth-order valence-electron chi connectivity index (χ4n) is 5.20. The number of anilines is 2. The Balaban J connectivity index is 1.51. The zero-order chi connectivity index (χ0) is 17.8. The highest BCUT2D eigenvalue weighted by molar-refractivity contribution is 5.74. The van der Waals surface area contributed by atoms with E-state index in [0.29, 0.717) is 17.3 Å². The van der Waals surface area contributed by atoms with Crippen molar-refractivity contribution in [2.75, 3.05) is 11.5 Å². The maximum Gasteiger partial charge on any atom is 0.140 e. The van der Waals surface area contributed by atoms with Gasteiger partial charge in [-0.2, -0.15) is 0 Å². The van der Waals surface area contributed by atoms with Gasteiger partial charge in [0.05, 0.1) is 11.4 Å². The third-order valence-corrected chi connectivity index (χ3v) is 6.85. The van der Waals surface area contributed by atoms with Crippen LogP contribution < -0.4 is 11.5 Å². The van der Waals surface area contributed by atoms with Crippen molar-refractivity contribution in [3.63, 3.8) is 0 Å². The number of nitrogens with two attached hydrogens (primary N) is 2. The van der Waals surface area contributed by atoms with Crippen molar-refractivity contribution in [2.45, 2.75) is 70.1 Å². The minimum atomic E-state index is 0.100. The molecule has 0 spiro atoms. The van der Waals surface area contributed by atoms with Crippen LogP contribution in [0.4, 0.5) is 11.4 Å². The molecular weight excluding hydrogens is 308 g/mol. The second-order valence-corrected chi connectivity index (χ2v) is 8.26. The number of phenols is 1. The molecule has 2 fully saturated rings. The van der Waals surface area contributed by atoms with Crippen molar-refractivity contribution in [1.82, 2.24) is 0 Å². The van der Waals surface area contributed by atoms with Gasteiger partial charge in [0.25, 0.3) is 0 Å². The molecule has 3 nitrogen and oxygen atoms in total. The number of benzene rings is 1. The van der Waals surface area contributed by atoms with Crippen LogP contribution in [0.2, 0.25) is 0 Å². The predicted molar refractivity (Wildman–Crippen MR) is 107 cm³/mol. The summed E-state index contributed by atoms with van der Waals surface area (Å²) in [6, 6.07) is 3.66. The molecule has 0 aromatic heterocycles. The summed E-state index contributed by atoms with van der Waals surface area (Å²) in [6.45, 7) is 3.85. The third kappa shape index (κ3) is 4.13. The summed E-state index contributed by atoms with van der Waals surface area (Å²) in [4.78, 5) is 0. The lowest BCUT2D eigenvalue weighted by molar-refractivity contribution is 0.157. The van der Waals surface area contributed by atoms with Crippen molar-refractivity contribution in [2.24, 2.45) is 17.8 Å². The number of phenolic OH excluding ortho intramolecular Hbond substituents is 1. The molecule has 0 unspecified atom stereocenters. The van der Waals surface area contributed by atoms with Crippen LogP contribution in [0.1, 0.15) is 75.7 Å². The largest absolute Gasteiger partial charge is 0.506 e. The second-order valence-electron chi connectivity index (χ2n) is 8.26. The van der Waals surface area contributed by atoms with Gasteiger partial charge < -0.3 is 16.6 Å². The number of rotatable bonds is 5. The topological polar surface area (TPSA) is 72.3 Å². The second kappa shape index (κ2) is 8.16. The molecule has 0 saturated heterocycles. The van der Waals surface area contributed by atoms with E-state index >= 15 is 0 Å². The summed E-state index contributed by atoms with van der Waals surface area (Å²) in [7, 11) is 0. The Morgan fingerprint density at radius 1 is 0.920 bits per heavy atom. The van der Waals surface area contributed by atoms with Crippen LogP contribution in [0.15, 0.2) is 24.8 Å². The van der Waals surface area contributed by atoms with Gasteiger partial charge in [-0.25, -0.2) is 0 Å². The monoisotopic (exact) mass is 342 g/mol. The van der Waals surface area contributed by atoms with Gasteiger partial charge in [0.15, 0.2) is 0 Å². The van der Waals surface area contributed by atoms with E-state index in [1.54, 1.807) is 6.07 Å². The predicted octanol–water partition coefficient (Wildman–Crippen LogP) is 5.60. The first-order valence-corrected chi connectivity index (χ1v) is 10.1. The van der Waals surface area contributed by atoms with E-state index in [2.05, 4.69) is 12.7 Å². The molecule has 0 amide bonds. The number of hydrogen-bond donors (Lipinski definition) is 3. The van der Waals surface area contributed by atoms with E-state index in [-0.39, 0.29) is 5.75 Å². The number of allylic oxidation sites excluding steroid dienone is 1. The third-order valence-electron chi connectivity index (χ3n) is 6.85. The molecule has 3 heteroatoms. The van der Waals surface area contributed by atoms with E-state index < -0.39 is 0 Å². The molecule has 0 radical (unpaired) electrons. The van der Waals surface area contributed by atoms with Crippen LogP contribution in [0, 0.1) is 17.8 Å². The van der Waals surface area contributed by atoms with Gasteiger partial charge in [-0.05, 0) is 86.7 Å². The van der Waals surface area contributed by atoms with E-state index in [4.69, 9.17) is 11.5 Å². The average Bonchev–Trinajstić information content (AvgIpc) is 2.65. The molecule has 2 aliphatic rings. The molecule has 1 aromatic carbocycles. The molecule has 25 heavy (non-hydrogen) atoms. The molecule has 0 atom stereocenters. The van der Waals surface area contributed by atoms with Gasteiger partial charge in [-0.15, -0.1) is 6.58 Å². The minimum Gasteiger partial charge on any atom is -0.506 e. The van der Waals surface area contributed by atoms with Crippen molar-refractivity contribution >= 4 is 11.4 Å². The van der Waals surface area contributed by atoms with Crippen LogP contribution in [0.25, 0.3) is 0 Å². The van der Waals surface area contributed by atoms with Gasteiger partial charge in [0.1, 0.15) is 5.75 Å². The Bertz CT molecular complexity index is 582. The fraction of sp³-hybridized carbons (Fsp3) is 0.636. The Hall–Kier alpha value is -1.64. The van der Waals surface area contributed by atoms with Crippen molar-refractivity contribution in [3.05, 3.63) is 30.4 Å². The van der Waals surface area contributed by atoms with Gasteiger partial charge >= 0.3 is 0 Å². The SMILES string of the molecule is C=CCCC1CCC(C2CCC(c3ccc(O)c(N)c3N)CC2)CC1. The zero-order valence-electron chi connectivity index (χ0n) is 15.4. The summed E-state index contributed by atoms with van der Waals surface area (Å²) in [5.74, 6) is 3.37. The molecule has 3 rings (SSSR count). The summed E-state index contributed by atoms with van der Waals surface area (Å²) in [5, 5.41) is 9.70. The maximum absolute atomic E-state index is 9.70. The van der Waals surface area contributed by atoms with Gasteiger partial charge in [-0.3, -0.25) is 0 Å². The van der Waals surface area contributed by atoms with Crippen LogP contribution in [-0.4, -0.2) is 5.11 Å². The smallest absolute Gasteiger partial charge is 0.140 e. The van der Waals surface area contributed by atoms with E-state index in [1.165, 1.54) is 64.2 Å². The standard InChI is InChI=1S/C22H34N2O/c1-2-3-4-15-5-7-16(8-6-15)17-9-11-18(12-10-17)19-13-14-20(25)22(24)21(19)23/h2,13-18,25H,1,3-12,23-24H2. The van der Waals surface area contributed by atoms with Crippen LogP contribution in [-0.2, 0) is 0 Å². The van der Waals surface area contributed by atoms with Crippen LogP contribution >= 0.6 is 0 Å². The number of aromatic hydroxyl groups is 1. The quantitative estimate of drug-likeness (QED) is 0.370. The Morgan fingerprint density at radius 2 is 1.52 bits per heavy atom. The number of nitrogen functional groups attached to an aromatic ring is 2. The minimum absolute atomic E-state index is 0.100. The Labute approximate surface area is 152 Å². The first-order chi connectivity index (χ1) is 12.1. The highest BCUT2D eigenvalue weighted by atomic mass is 16.3. The fourth-order valence-corrected chi connectivity index (χ4v) is 5.20. The average molecular weight is 343 g/mol. The molecule has 1 aromatic rings. The van der Waals surface area contributed by atoms with E-state index in [9.17, 15) is 5.11 Å². The van der Waals surface area contributed by atoms with E-state index in [1.807, 2.05) is 6.07 Å². The Morgan fingerprint density at radius 3 is 2.12 bits per heavy atom. The molecule has 5 N–H and O–H groups in total. The summed E-state index contributed by atoms with van der Waals surface area (Å²) >= 11 is 0. The first-order valence-electron chi connectivity index (χ1n) is 10.1. The highest BCUT2D eigenvalue weighted by Gasteiger charge is 2.31. The van der Waals surface area contributed by atoms with Crippen molar-refractivity contribution < 1.29 is 5.11 Å². The maximum atomic E-state index is 9.70. The van der Waals surface area contributed by atoms with Gasteiger partial charge in [0.2, 0.25) is 0 Å². The summed E-state index contributed by atoms with van der Waals surface area (Å²) < 4.78 is 0. The number of hydrogen-bond acceptors (Lipinski definition) is 3. The molecule has 138 valence electrons. The van der Waals surface area contributed by atoms with Crippen molar-refractivity contribution in [1.29, 1.82) is 0 Å². The first kappa shape index (κ1) is 18.2. The normalized spacial score (nSPS) is 30.1. The lowest BCUT2D eigenvalue weighted by Crippen LogP contribution is -2.25. The van der Waals surface area contributed by atoms with E-state index in [0.717, 1.165) is 23.3 Å².